The highest BCUT2D eigenvalue weighted by Crippen LogP contribution is 2.27. The second-order valence-electron chi connectivity index (χ2n) is 5.59. The average molecular weight is 272 g/mol. The number of nitrogens with zero attached hydrogens (tertiary/aromatic N) is 2. The van der Waals surface area contributed by atoms with Crippen molar-refractivity contribution in [3.8, 4) is 0 Å². The van der Waals surface area contributed by atoms with Crippen LogP contribution < -0.4 is 11.1 Å². The van der Waals surface area contributed by atoms with Gasteiger partial charge in [-0.3, -0.25) is 14.8 Å². The summed E-state index contributed by atoms with van der Waals surface area (Å²) in [4.78, 5) is 20.5. The molecule has 1 aromatic rings. The normalized spacial score (nSPS) is 25.6. The van der Waals surface area contributed by atoms with E-state index in [4.69, 9.17) is 5.73 Å². The number of carbonyl (C=O) groups is 1. The minimum Gasteiger partial charge on any atom is -0.328 e. The highest BCUT2D eigenvalue weighted by atomic mass is 16.1. The maximum absolute atomic E-state index is 11.8. The fourth-order valence-electron chi connectivity index (χ4n) is 2.89. The average Bonchev–Trinajstić information content (AvgIpc) is 2.47. The van der Waals surface area contributed by atoms with E-state index in [-0.39, 0.29) is 5.78 Å². The summed E-state index contributed by atoms with van der Waals surface area (Å²) in [5.74, 6) is 0.127. The summed E-state index contributed by atoms with van der Waals surface area (Å²) in [7, 11) is 0. The number of Topliss-reactive ketones (excluding diaryl/α,β-unsaturated/α-hetero) is 1. The van der Waals surface area contributed by atoms with Crippen LogP contribution >= 0.6 is 0 Å². The highest BCUT2D eigenvalue weighted by molar-refractivity contribution is 6.10. The maximum Gasteiger partial charge on any atom is 0.170 e. The Morgan fingerprint density at radius 2 is 2.10 bits per heavy atom. The lowest BCUT2D eigenvalue weighted by Crippen LogP contribution is -2.37. The van der Waals surface area contributed by atoms with E-state index >= 15 is 0 Å². The van der Waals surface area contributed by atoms with Gasteiger partial charge < -0.3 is 11.1 Å². The third kappa shape index (κ3) is 2.78. The van der Waals surface area contributed by atoms with Gasteiger partial charge in [-0.15, -0.1) is 0 Å². The summed E-state index contributed by atoms with van der Waals surface area (Å²) in [6.07, 6.45) is 8.14. The summed E-state index contributed by atoms with van der Waals surface area (Å²) in [6, 6.07) is 2.62. The van der Waals surface area contributed by atoms with Crippen LogP contribution in [0.1, 0.15) is 48.2 Å². The molecule has 0 atom stereocenters. The lowest BCUT2D eigenvalue weighted by atomic mass is 9.92. The molecule has 1 aromatic heterocycles. The quantitative estimate of drug-likeness (QED) is 0.878. The molecule has 0 saturated heterocycles. The van der Waals surface area contributed by atoms with Gasteiger partial charge in [-0.1, -0.05) is 0 Å². The number of hydrogen-bond acceptors (Lipinski definition) is 5. The molecule has 0 bridgehead atoms. The van der Waals surface area contributed by atoms with E-state index < -0.39 is 0 Å². The molecule has 2 aliphatic rings. The SMILES string of the molecule is NC1CCC(NCc2nccc3c2N=CCC3=O)CC1. The van der Waals surface area contributed by atoms with Crippen molar-refractivity contribution in [3.63, 3.8) is 0 Å². The van der Waals surface area contributed by atoms with Gasteiger partial charge in [-0.25, -0.2) is 0 Å². The number of carbonyl (C=O) groups excluding carboxylic acids is 1. The predicted molar refractivity (Wildman–Crippen MR) is 78.4 cm³/mol. The van der Waals surface area contributed by atoms with Crippen LogP contribution in [-0.2, 0) is 6.54 Å². The van der Waals surface area contributed by atoms with Crippen LogP contribution in [0.25, 0.3) is 0 Å². The number of nitrogens with one attached hydrogen (secondary N) is 1. The first kappa shape index (κ1) is 13.4. The Morgan fingerprint density at radius 1 is 1.30 bits per heavy atom. The van der Waals surface area contributed by atoms with E-state index in [0.717, 1.165) is 37.1 Å². The van der Waals surface area contributed by atoms with E-state index in [1.807, 2.05) is 0 Å². The van der Waals surface area contributed by atoms with Crippen molar-refractivity contribution in [2.75, 3.05) is 0 Å². The van der Waals surface area contributed by atoms with Gasteiger partial charge in [0.2, 0.25) is 0 Å². The second-order valence-corrected chi connectivity index (χ2v) is 5.59. The first-order valence-corrected chi connectivity index (χ1v) is 7.26. The standard InChI is InChI=1S/C15H20N4O/c16-10-1-3-11(4-2-10)19-9-13-15-12(5-7-17-13)14(20)6-8-18-15/h5,7-8,10-11,19H,1-4,6,9,16H2. The summed E-state index contributed by atoms with van der Waals surface area (Å²) < 4.78 is 0. The maximum atomic E-state index is 11.8. The number of nitrogens with two attached hydrogens (primary N) is 1. The summed E-state index contributed by atoms with van der Waals surface area (Å²) in [6.45, 7) is 0.660. The molecule has 5 nitrogen and oxygen atoms in total. The molecule has 3 rings (SSSR count). The van der Waals surface area contributed by atoms with Crippen molar-refractivity contribution in [2.24, 2.45) is 10.7 Å². The zero-order valence-corrected chi connectivity index (χ0v) is 11.5. The van der Waals surface area contributed by atoms with E-state index in [2.05, 4.69) is 15.3 Å². The highest BCUT2D eigenvalue weighted by Gasteiger charge is 2.21. The second kappa shape index (κ2) is 5.81. The molecule has 3 N–H and O–H groups in total. The van der Waals surface area contributed by atoms with Crippen molar-refractivity contribution in [2.45, 2.75) is 50.7 Å². The van der Waals surface area contributed by atoms with Crippen LogP contribution in [0.4, 0.5) is 5.69 Å². The molecule has 1 aliphatic carbocycles. The van der Waals surface area contributed by atoms with Gasteiger partial charge in [0.05, 0.1) is 11.4 Å². The van der Waals surface area contributed by atoms with Crippen molar-refractivity contribution >= 4 is 17.7 Å². The molecule has 0 aromatic carbocycles. The Morgan fingerprint density at radius 3 is 2.90 bits per heavy atom. The third-order valence-corrected chi connectivity index (χ3v) is 4.13. The van der Waals surface area contributed by atoms with Gasteiger partial charge in [-0.05, 0) is 31.7 Å². The first-order valence-electron chi connectivity index (χ1n) is 7.26. The molecule has 2 heterocycles. The van der Waals surface area contributed by atoms with Gasteiger partial charge in [0, 0.05) is 43.0 Å². The number of pyridine rings is 1. The molecule has 1 aliphatic heterocycles. The Labute approximate surface area is 118 Å². The number of ketones is 1. The van der Waals surface area contributed by atoms with E-state index in [0.29, 0.717) is 30.6 Å². The molecule has 0 spiro atoms. The van der Waals surface area contributed by atoms with Crippen LogP contribution in [0.15, 0.2) is 17.3 Å². The number of hydrogen-bond donors (Lipinski definition) is 2. The van der Waals surface area contributed by atoms with E-state index in [1.54, 1.807) is 18.5 Å². The molecule has 1 saturated carbocycles. The Bertz CT molecular complexity index is 533. The molecule has 0 amide bonds. The predicted octanol–water partition coefficient (Wildman–Crippen LogP) is 1.73. The molecular formula is C15H20N4O. The Balaban J connectivity index is 1.68. The number of fused-ring (bicyclic) bond motifs is 1. The van der Waals surface area contributed by atoms with Crippen LogP contribution in [0.2, 0.25) is 0 Å². The zero-order valence-electron chi connectivity index (χ0n) is 11.5. The molecule has 0 radical (unpaired) electrons. The van der Waals surface area contributed by atoms with Crippen LogP contribution in [0.5, 0.6) is 0 Å². The van der Waals surface area contributed by atoms with Crippen LogP contribution in [0.3, 0.4) is 0 Å². The number of rotatable bonds is 3. The van der Waals surface area contributed by atoms with E-state index in [1.165, 1.54) is 0 Å². The smallest absolute Gasteiger partial charge is 0.170 e. The lowest BCUT2D eigenvalue weighted by Gasteiger charge is -2.27. The Hall–Kier alpha value is -1.59. The zero-order chi connectivity index (χ0) is 13.9. The fraction of sp³-hybridized carbons (Fsp3) is 0.533. The summed E-state index contributed by atoms with van der Waals surface area (Å²) >= 11 is 0. The van der Waals surface area contributed by atoms with Gasteiger partial charge in [0.25, 0.3) is 0 Å². The number of aromatic nitrogens is 1. The third-order valence-electron chi connectivity index (χ3n) is 4.13. The van der Waals surface area contributed by atoms with Crippen molar-refractivity contribution in [3.05, 3.63) is 23.5 Å². The van der Waals surface area contributed by atoms with Gasteiger partial charge >= 0.3 is 0 Å². The topological polar surface area (TPSA) is 80.4 Å². The largest absolute Gasteiger partial charge is 0.328 e. The van der Waals surface area contributed by atoms with Crippen LogP contribution in [0, 0.1) is 0 Å². The molecule has 0 unspecified atom stereocenters. The molecule has 20 heavy (non-hydrogen) atoms. The van der Waals surface area contributed by atoms with Gasteiger partial charge in [0.1, 0.15) is 0 Å². The molecular weight excluding hydrogens is 252 g/mol. The minimum atomic E-state index is 0.127. The molecule has 5 heteroatoms. The van der Waals surface area contributed by atoms with Crippen molar-refractivity contribution < 1.29 is 4.79 Å². The van der Waals surface area contributed by atoms with Gasteiger partial charge in [-0.2, -0.15) is 0 Å². The van der Waals surface area contributed by atoms with Crippen LogP contribution in [-0.4, -0.2) is 29.1 Å². The fourth-order valence-corrected chi connectivity index (χ4v) is 2.89. The van der Waals surface area contributed by atoms with E-state index in [9.17, 15) is 4.79 Å². The monoisotopic (exact) mass is 272 g/mol. The summed E-state index contributed by atoms with van der Waals surface area (Å²) in [5.41, 5.74) is 8.22. The molecule has 106 valence electrons. The summed E-state index contributed by atoms with van der Waals surface area (Å²) in [5, 5.41) is 3.52. The lowest BCUT2D eigenvalue weighted by molar-refractivity contribution is 0.100. The first-order chi connectivity index (χ1) is 9.74. The number of aliphatic imine (C=N–C) groups is 1. The van der Waals surface area contributed by atoms with Gasteiger partial charge in [0.15, 0.2) is 5.78 Å². The minimum absolute atomic E-state index is 0.127. The molecule has 1 fully saturated rings. The van der Waals surface area contributed by atoms with Crippen molar-refractivity contribution in [1.82, 2.24) is 10.3 Å². The Kier molecular flexibility index (Phi) is 3.89. The van der Waals surface area contributed by atoms with Crippen molar-refractivity contribution in [1.29, 1.82) is 0 Å².